The van der Waals surface area contributed by atoms with Crippen LogP contribution in [0.2, 0.25) is 5.02 Å². The van der Waals surface area contributed by atoms with Crippen molar-refractivity contribution in [3.05, 3.63) is 81.7 Å². The van der Waals surface area contributed by atoms with Gasteiger partial charge in [0.25, 0.3) is 11.5 Å². The van der Waals surface area contributed by atoms with Crippen LogP contribution >= 0.6 is 11.6 Å². The molecule has 1 fully saturated rings. The monoisotopic (exact) mass is 488 g/mol. The summed E-state index contributed by atoms with van der Waals surface area (Å²) in [6.45, 7) is 4.57. The van der Waals surface area contributed by atoms with Gasteiger partial charge in [-0.1, -0.05) is 55.6 Å². The molecule has 0 spiro atoms. The SMILES string of the molecule is CCCCCn1c(-c2ccc(C(=O)N3CCCC3)cc2)cc(=O)n2cc(-c3ccc(Cl)cc3)nc12. The first-order chi connectivity index (χ1) is 17.0. The standard InChI is InChI=1S/C28H29ClN4O2/c1-2-3-4-17-32-25(21-7-9-22(10-8-21)27(35)31-15-5-6-16-31)18-26(34)33-19-24(30-28(32)33)20-11-13-23(29)14-12-20/h7-14,18-19H,2-6,15-17H2,1H3. The van der Waals surface area contributed by atoms with E-state index in [0.29, 0.717) is 16.4 Å². The molecule has 4 aromatic rings. The molecule has 180 valence electrons. The molecule has 6 nitrogen and oxygen atoms in total. The van der Waals surface area contributed by atoms with Gasteiger partial charge < -0.3 is 9.47 Å². The molecule has 1 aliphatic heterocycles. The molecular weight excluding hydrogens is 460 g/mol. The fraction of sp³-hybridized carbons (Fsp3) is 0.321. The van der Waals surface area contributed by atoms with Gasteiger partial charge in [0.1, 0.15) is 0 Å². The Hall–Kier alpha value is -3.38. The van der Waals surface area contributed by atoms with E-state index in [1.54, 1.807) is 16.7 Å². The highest BCUT2D eigenvalue weighted by atomic mass is 35.5. The predicted molar refractivity (Wildman–Crippen MR) is 140 cm³/mol. The summed E-state index contributed by atoms with van der Waals surface area (Å²) in [6, 6.07) is 16.7. The van der Waals surface area contributed by atoms with Crippen LogP contribution in [0.5, 0.6) is 0 Å². The third-order valence-electron chi connectivity index (χ3n) is 6.66. The number of hydrogen-bond acceptors (Lipinski definition) is 3. The van der Waals surface area contributed by atoms with E-state index in [4.69, 9.17) is 16.6 Å². The average molecular weight is 489 g/mol. The minimum absolute atomic E-state index is 0.0747. The van der Waals surface area contributed by atoms with Crippen molar-refractivity contribution in [2.45, 2.75) is 45.6 Å². The molecule has 1 saturated heterocycles. The summed E-state index contributed by atoms with van der Waals surface area (Å²) in [7, 11) is 0. The predicted octanol–water partition coefficient (Wildman–Crippen LogP) is 5.91. The summed E-state index contributed by atoms with van der Waals surface area (Å²) in [4.78, 5) is 32.7. The molecule has 7 heteroatoms. The number of likely N-dealkylation sites (tertiary alicyclic amines) is 1. The number of unbranched alkanes of at least 4 members (excludes halogenated alkanes) is 2. The van der Waals surface area contributed by atoms with Gasteiger partial charge in [-0.2, -0.15) is 0 Å². The number of nitrogens with zero attached hydrogens (tertiary/aromatic N) is 4. The van der Waals surface area contributed by atoms with Crippen LogP contribution in [0.4, 0.5) is 0 Å². The molecular formula is C28H29ClN4O2. The Kier molecular flexibility index (Phi) is 6.73. The fourth-order valence-electron chi connectivity index (χ4n) is 4.72. The van der Waals surface area contributed by atoms with E-state index in [-0.39, 0.29) is 11.5 Å². The zero-order chi connectivity index (χ0) is 24.4. The Morgan fingerprint density at radius 3 is 2.34 bits per heavy atom. The van der Waals surface area contributed by atoms with Crippen molar-refractivity contribution in [1.82, 2.24) is 18.9 Å². The minimum atomic E-state index is -0.133. The largest absolute Gasteiger partial charge is 0.339 e. The third kappa shape index (κ3) is 4.76. The number of aryl methyl sites for hydroxylation is 1. The Morgan fingerprint density at radius 1 is 0.971 bits per heavy atom. The molecule has 5 rings (SSSR count). The summed E-state index contributed by atoms with van der Waals surface area (Å²) in [5, 5.41) is 0.658. The van der Waals surface area contributed by atoms with Gasteiger partial charge in [-0.3, -0.25) is 14.0 Å². The maximum Gasteiger partial charge on any atom is 0.259 e. The highest BCUT2D eigenvalue weighted by Gasteiger charge is 2.20. The van der Waals surface area contributed by atoms with Crippen LogP contribution in [0.1, 0.15) is 49.4 Å². The first-order valence-corrected chi connectivity index (χ1v) is 12.7. The number of aromatic nitrogens is 3. The van der Waals surface area contributed by atoms with Gasteiger partial charge in [0.05, 0.1) is 11.4 Å². The summed E-state index contributed by atoms with van der Waals surface area (Å²) >= 11 is 6.05. The first kappa shape index (κ1) is 23.4. The van der Waals surface area contributed by atoms with Crippen LogP contribution in [0.15, 0.2) is 65.6 Å². The Balaban J connectivity index is 1.57. The second-order valence-electron chi connectivity index (χ2n) is 9.11. The summed E-state index contributed by atoms with van der Waals surface area (Å²) in [6.07, 6.45) is 7.09. The fourth-order valence-corrected chi connectivity index (χ4v) is 4.85. The third-order valence-corrected chi connectivity index (χ3v) is 6.92. The number of halogens is 1. The number of benzene rings is 2. The van der Waals surface area contributed by atoms with Crippen molar-refractivity contribution in [2.24, 2.45) is 0 Å². The van der Waals surface area contributed by atoms with Crippen molar-refractivity contribution in [3.63, 3.8) is 0 Å². The van der Waals surface area contributed by atoms with Gasteiger partial charge in [0, 0.05) is 48.0 Å². The average Bonchev–Trinajstić information content (AvgIpc) is 3.57. The minimum Gasteiger partial charge on any atom is -0.339 e. The molecule has 1 aliphatic rings. The molecule has 2 aromatic carbocycles. The second-order valence-corrected chi connectivity index (χ2v) is 9.54. The number of rotatable bonds is 7. The van der Waals surface area contributed by atoms with Crippen LogP contribution in [-0.2, 0) is 6.54 Å². The van der Waals surface area contributed by atoms with Crippen molar-refractivity contribution in [3.8, 4) is 22.5 Å². The van der Waals surface area contributed by atoms with Gasteiger partial charge >= 0.3 is 0 Å². The summed E-state index contributed by atoms with van der Waals surface area (Å²) in [5.41, 5.74) is 3.90. The van der Waals surface area contributed by atoms with Gasteiger partial charge in [-0.25, -0.2) is 4.98 Å². The number of hydrogen-bond donors (Lipinski definition) is 0. The number of carbonyl (C=O) groups excluding carboxylic acids is 1. The topological polar surface area (TPSA) is 59.6 Å². The van der Waals surface area contributed by atoms with Gasteiger partial charge in [0.15, 0.2) is 0 Å². The van der Waals surface area contributed by atoms with Crippen molar-refractivity contribution < 1.29 is 4.79 Å². The van der Waals surface area contributed by atoms with E-state index >= 15 is 0 Å². The maximum atomic E-state index is 13.1. The van der Waals surface area contributed by atoms with Crippen LogP contribution in [0.25, 0.3) is 28.3 Å². The van der Waals surface area contributed by atoms with Crippen molar-refractivity contribution >= 4 is 23.3 Å². The second kappa shape index (κ2) is 10.1. The number of carbonyl (C=O) groups is 1. The Morgan fingerprint density at radius 2 is 1.66 bits per heavy atom. The molecule has 0 bridgehead atoms. The van der Waals surface area contributed by atoms with Gasteiger partial charge in [-0.05, 0) is 49.1 Å². The summed E-state index contributed by atoms with van der Waals surface area (Å²) in [5.74, 6) is 0.691. The molecule has 2 aromatic heterocycles. The lowest BCUT2D eigenvalue weighted by Gasteiger charge is -2.17. The van der Waals surface area contributed by atoms with Crippen molar-refractivity contribution in [2.75, 3.05) is 13.1 Å². The van der Waals surface area contributed by atoms with Crippen LogP contribution < -0.4 is 5.56 Å². The van der Waals surface area contributed by atoms with E-state index in [9.17, 15) is 9.59 Å². The van der Waals surface area contributed by atoms with E-state index < -0.39 is 0 Å². The first-order valence-electron chi connectivity index (χ1n) is 12.3. The van der Waals surface area contributed by atoms with Crippen LogP contribution in [0, 0.1) is 0 Å². The normalized spacial score (nSPS) is 13.6. The van der Waals surface area contributed by atoms with Gasteiger partial charge in [-0.15, -0.1) is 0 Å². The Bertz CT molecular complexity index is 1400. The number of amides is 1. The summed E-state index contributed by atoms with van der Waals surface area (Å²) < 4.78 is 3.73. The number of fused-ring (bicyclic) bond motifs is 1. The molecule has 0 aliphatic carbocycles. The molecule has 0 radical (unpaired) electrons. The zero-order valence-corrected chi connectivity index (χ0v) is 20.7. The molecule has 1 amide bonds. The van der Waals surface area contributed by atoms with Crippen LogP contribution in [0.3, 0.4) is 0 Å². The number of imidazole rings is 1. The smallest absolute Gasteiger partial charge is 0.259 e. The highest BCUT2D eigenvalue weighted by Crippen LogP contribution is 2.25. The van der Waals surface area contributed by atoms with E-state index in [1.165, 1.54) is 0 Å². The maximum absolute atomic E-state index is 13.1. The van der Waals surface area contributed by atoms with Crippen molar-refractivity contribution in [1.29, 1.82) is 0 Å². The molecule has 0 saturated carbocycles. The van der Waals surface area contributed by atoms with E-state index in [1.807, 2.05) is 53.4 Å². The Labute approximate surface area is 209 Å². The quantitative estimate of drug-likeness (QED) is 0.304. The van der Waals surface area contributed by atoms with E-state index in [0.717, 1.165) is 74.3 Å². The van der Waals surface area contributed by atoms with Gasteiger partial charge in [0.2, 0.25) is 5.78 Å². The molecule has 0 atom stereocenters. The molecule has 0 N–H and O–H groups in total. The molecule has 3 heterocycles. The highest BCUT2D eigenvalue weighted by molar-refractivity contribution is 6.30. The lowest BCUT2D eigenvalue weighted by molar-refractivity contribution is 0.0793. The lowest BCUT2D eigenvalue weighted by Crippen LogP contribution is -2.27. The zero-order valence-electron chi connectivity index (χ0n) is 19.9. The lowest BCUT2D eigenvalue weighted by atomic mass is 10.1. The van der Waals surface area contributed by atoms with Crippen LogP contribution in [-0.4, -0.2) is 37.8 Å². The van der Waals surface area contributed by atoms with E-state index in [2.05, 4.69) is 11.5 Å². The molecule has 0 unspecified atom stereocenters. The molecule has 35 heavy (non-hydrogen) atoms.